The molecule has 0 atom stereocenters. The molecule has 0 N–H and O–H groups in total. The first-order chi connectivity index (χ1) is 9.22. The molecule has 0 saturated carbocycles. The third kappa shape index (κ3) is 2.53. The van der Waals surface area contributed by atoms with Gasteiger partial charge in [-0.05, 0) is 23.8 Å². The molecular formula is C14H13ClN4. The number of halogens is 1. The van der Waals surface area contributed by atoms with Gasteiger partial charge in [0.05, 0.1) is 6.20 Å². The van der Waals surface area contributed by atoms with Gasteiger partial charge in [0.15, 0.2) is 5.65 Å². The summed E-state index contributed by atoms with van der Waals surface area (Å²) in [6.07, 6.45) is 3.65. The Morgan fingerprint density at radius 1 is 1.16 bits per heavy atom. The van der Waals surface area contributed by atoms with Crippen LogP contribution in [0.25, 0.3) is 5.65 Å². The van der Waals surface area contributed by atoms with Crippen LogP contribution < -0.4 is 4.90 Å². The quantitative estimate of drug-likeness (QED) is 0.735. The molecule has 0 aliphatic rings. The predicted molar refractivity (Wildman–Crippen MR) is 76.5 cm³/mol. The molecule has 4 nitrogen and oxygen atoms in total. The summed E-state index contributed by atoms with van der Waals surface area (Å²) in [4.78, 5) is 6.64. The molecule has 0 aliphatic heterocycles. The van der Waals surface area contributed by atoms with Crippen LogP contribution in [-0.2, 0) is 6.54 Å². The lowest BCUT2D eigenvalue weighted by molar-refractivity contribution is 0.877. The highest BCUT2D eigenvalue weighted by atomic mass is 35.5. The van der Waals surface area contributed by atoms with Gasteiger partial charge in [-0.25, -0.2) is 9.50 Å². The predicted octanol–water partition coefficient (Wildman–Crippen LogP) is 3.02. The van der Waals surface area contributed by atoms with E-state index in [1.807, 2.05) is 49.6 Å². The number of fused-ring (bicyclic) bond motifs is 1. The Hall–Kier alpha value is -2.07. The monoisotopic (exact) mass is 272 g/mol. The first kappa shape index (κ1) is 12.0. The molecule has 96 valence electrons. The Morgan fingerprint density at radius 3 is 2.74 bits per heavy atom. The van der Waals surface area contributed by atoms with Crippen LogP contribution in [0.4, 0.5) is 5.82 Å². The van der Waals surface area contributed by atoms with Gasteiger partial charge in [-0.15, -0.1) is 0 Å². The van der Waals surface area contributed by atoms with Gasteiger partial charge in [0.25, 0.3) is 0 Å². The summed E-state index contributed by atoms with van der Waals surface area (Å²) in [6.45, 7) is 0.786. The third-order valence-electron chi connectivity index (χ3n) is 2.97. The van der Waals surface area contributed by atoms with Crippen molar-refractivity contribution in [1.82, 2.24) is 14.6 Å². The smallest absolute Gasteiger partial charge is 0.157 e. The second kappa shape index (κ2) is 4.90. The van der Waals surface area contributed by atoms with Gasteiger partial charge in [-0.2, -0.15) is 5.10 Å². The van der Waals surface area contributed by atoms with Crippen LogP contribution in [0.3, 0.4) is 0 Å². The van der Waals surface area contributed by atoms with Crippen molar-refractivity contribution >= 4 is 23.1 Å². The van der Waals surface area contributed by atoms with E-state index in [0.29, 0.717) is 0 Å². The van der Waals surface area contributed by atoms with E-state index in [9.17, 15) is 0 Å². The molecule has 2 heterocycles. The molecule has 2 aromatic heterocycles. The van der Waals surface area contributed by atoms with Crippen LogP contribution >= 0.6 is 11.6 Å². The van der Waals surface area contributed by atoms with Crippen molar-refractivity contribution in [2.24, 2.45) is 0 Å². The molecular weight excluding hydrogens is 260 g/mol. The zero-order chi connectivity index (χ0) is 13.2. The minimum atomic E-state index is 0.755. The molecule has 5 heteroatoms. The minimum absolute atomic E-state index is 0.755. The lowest BCUT2D eigenvalue weighted by Crippen LogP contribution is -2.17. The zero-order valence-corrected chi connectivity index (χ0v) is 11.2. The number of rotatable bonds is 3. The van der Waals surface area contributed by atoms with Gasteiger partial charge in [0.2, 0.25) is 0 Å². The van der Waals surface area contributed by atoms with Gasteiger partial charge < -0.3 is 4.90 Å². The molecule has 0 aliphatic carbocycles. The maximum Gasteiger partial charge on any atom is 0.157 e. The van der Waals surface area contributed by atoms with Crippen molar-refractivity contribution in [2.45, 2.75) is 6.54 Å². The van der Waals surface area contributed by atoms with Crippen molar-refractivity contribution in [3.8, 4) is 0 Å². The average molecular weight is 273 g/mol. The maximum absolute atomic E-state index is 5.88. The summed E-state index contributed by atoms with van der Waals surface area (Å²) in [5.41, 5.74) is 2.04. The van der Waals surface area contributed by atoms with Crippen molar-refractivity contribution < 1.29 is 0 Å². The van der Waals surface area contributed by atoms with E-state index < -0.39 is 0 Å². The number of benzene rings is 1. The highest BCUT2D eigenvalue weighted by molar-refractivity contribution is 6.30. The van der Waals surface area contributed by atoms with E-state index in [1.54, 1.807) is 10.7 Å². The van der Waals surface area contributed by atoms with Crippen molar-refractivity contribution in [1.29, 1.82) is 0 Å². The number of aromatic nitrogens is 3. The number of anilines is 1. The number of hydrogen-bond donors (Lipinski definition) is 0. The van der Waals surface area contributed by atoms with Crippen molar-refractivity contribution in [2.75, 3.05) is 11.9 Å². The minimum Gasteiger partial charge on any atom is -0.355 e. The molecule has 19 heavy (non-hydrogen) atoms. The van der Waals surface area contributed by atoms with Crippen molar-refractivity contribution in [3.05, 3.63) is 59.4 Å². The van der Waals surface area contributed by atoms with E-state index in [1.165, 1.54) is 5.56 Å². The first-order valence-electron chi connectivity index (χ1n) is 5.98. The van der Waals surface area contributed by atoms with Crippen molar-refractivity contribution in [3.63, 3.8) is 0 Å². The van der Waals surface area contributed by atoms with Crippen LogP contribution in [0, 0.1) is 0 Å². The number of nitrogens with zero attached hydrogens (tertiary/aromatic N) is 4. The summed E-state index contributed by atoms with van der Waals surface area (Å²) in [7, 11) is 2.02. The van der Waals surface area contributed by atoms with Crippen LogP contribution in [0.5, 0.6) is 0 Å². The van der Waals surface area contributed by atoms with E-state index >= 15 is 0 Å². The van der Waals surface area contributed by atoms with Crippen LogP contribution in [0.15, 0.2) is 48.8 Å². The van der Waals surface area contributed by atoms with Gasteiger partial charge in [0.1, 0.15) is 5.82 Å². The Morgan fingerprint density at radius 2 is 1.95 bits per heavy atom. The van der Waals surface area contributed by atoms with Crippen LogP contribution in [-0.4, -0.2) is 21.6 Å². The molecule has 0 saturated heterocycles. The largest absolute Gasteiger partial charge is 0.355 e. The fourth-order valence-corrected chi connectivity index (χ4v) is 2.09. The highest BCUT2D eigenvalue weighted by Gasteiger charge is 2.05. The molecule has 0 unspecified atom stereocenters. The molecule has 3 aromatic rings. The third-order valence-corrected chi connectivity index (χ3v) is 3.22. The highest BCUT2D eigenvalue weighted by Crippen LogP contribution is 2.15. The molecule has 0 spiro atoms. The first-order valence-corrected chi connectivity index (χ1v) is 6.36. The summed E-state index contributed by atoms with van der Waals surface area (Å²) < 4.78 is 1.75. The summed E-state index contributed by atoms with van der Waals surface area (Å²) in [5.74, 6) is 0.919. The molecule has 0 radical (unpaired) electrons. The Bertz CT molecular complexity index is 690. The average Bonchev–Trinajstić information content (AvgIpc) is 2.88. The SMILES string of the molecule is CN(Cc1ccc(Cl)cc1)c1ccn2nccc2n1. The van der Waals surface area contributed by atoms with Gasteiger partial charge in [-0.1, -0.05) is 23.7 Å². The second-order valence-electron chi connectivity index (χ2n) is 4.40. The Kier molecular flexibility index (Phi) is 3.09. The van der Waals surface area contributed by atoms with Gasteiger partial charge >= 0.3 is 0 Å². The van der Waals surface area contributed by atoms with Gasteiger partial charge in [-0.3, -0.25) is 0 Å². The van der Waals surface area contributed by atoms with Gasteiger partial charge in [0, 0.05) is 30.9 Å². The van der Waals surface area contributed by atoms with E-state index in [2.05, 4.69) is 15.0 Å². The Labute approximate surface area is 116 Å². The fraction of sp³-hybridized carbons (Fsp3) is 0.143. The lowest BCUT2D eigenvalue weighted by atomic mass is 10.2. The summed E-state index contributed by atoms with van der Waals surface area (Å²) >= 11 is 5.88. The maximum atomic E-state index is 5.88. The zero-order valence-electron chi connectivity index (χ0n) is 10.5. The molecule has 1 aromatic carbocycles. The van der Waals surface area contributed by atoms with Crippen LogP contribution in [0.2, 0.25) is 5.02 Å². The molecule has 0 fully saturated rings. The normalized spacial score (nSPS) is 10.8. The fourth-order valence-electron chi connectivity index (χ4n) is 1.96. The molecule has 0 bridgehead atoms. The van der Waals surface area contributed by atoms with E-state index in [0.717, 1.165) is 23.0 Å². The second-order valence-corrected chi connectivity index (χ2v) is 4.84. The standard InChI is InChI=1S/C14H13ClN4/c1-18(10-11-2-4-12(15)5-3-11)13-7-9-19-14(17-13)6-8-16-19/h2-9H,10H2,1H3. The number of hydrogen-bond acceptors (Lipinski definition) is 3. The summed E-state index contributed by atoms with van der Waals surface area (Å²) in [6, 6.07) is 11.7. The topological polar surface area (TPSA) is 33.4 Å². The molecule has 0 amide bonds. The Balaban J connectivity index is 1.82. The molecule has 3 rings (SSSR count). The summed E-state index contributed by atoms with van der Waals surface area (Å²) in [5, 5.41) is 4.89. The van der Waals surface area contributed by atoms with E-state index in [4.69, 9.17) is 11.6 Å². The van der Waals surface area contributed by atoms with Crippen LogP contribution in [0.1, 0.15) is 5.56 Å². The van der Waals surface area contributed by atoms with E-state index in [-0.39, 0.29) is 0 Å². The lowest BCUT2D eigenvalue weighted by Gasteiger charge is -2.18.